The first-order valence-corrected chi connectivity index (χ1v) is 6.92. The van der Waals surface area contributed by atoms with Crippen LogP contribution in [0.1, 0.15) is 47.0 Å². The minimum atomic E-state index is 0. The van der Waals surface area contributed by atoms with Gasteiger partial charge in [-0.05, 0) is 59.1 Å². The lowest BCUT2D eigenvalue weighted by atomic mass is 9.83. The Morgan fingerprint density at radius 2 is 1.57 bits per heavy atom. The second-order valence-electron chi connectivity index (χ2n) is 6.45. The number of nitroso groups, excluding NO2 is 1. The van der Waals surface area contributed by atoms with Gasteiger partial charge in [-0.15, -0.1) is 10.1 Å². The Labute approximate surface area is 127 Å². The first-order valence-electron chi connectivity index (χ1n) is 6.92. The molecule has 1 aromatic carbocycles. The molecule has 0 aromatic heterocycles. The van der Waals surface area contributed by atoms with Crippen molar-refractivity contribution in [3.05, 3.63) is 35.2 Å². The monoisotopic (exact) mass is 296 g/mol. The summed E-state index contributed by atoms with van der Waals surface area (Å²) in [6.45, 7) is 9.14. The molecule has 6 heteroatoms. The molecule has 6 nitrogen and oxygen atoms in total. The summed E-state index contributed by atoms with van der Waals surface area (Å²) in [6.07, 6.45) is 4.00. The van der Waals surface area contributed by atoms with E-state index in [0.717, 1.165) is 0 Å². The zero-order valence-corrected chi connectivity index (χ0v) is 13.5. The lowest BCUT2D eigenvalue weighted by Gasteiger charge is -2.42. The van der Waals surface area contributed by atoms with Crippen molar-refractivity contribution in [2.75, 3.05) is 5.17 Å². The molecule has 0 bridgehead atoms. The predicted octanol–water partition coefficient (Wildman–Crippen LogP) is 4.04. The van der Waals surface area contributed by atoms with E-state index in [1.807, 2.05) is 0 Å². The Kier molecular flexibility index (Phi) is 7.49. The second-order valence-corrected chi connectivity index (χ2v) is 6.45. The average molecular weight is 296 g/mol. The minimum Gasteiger partial charge on any atom is -0.344 e. The van der Waals surface area contributed by atoms with Gasteiger partial charge in [0.25, 0.3) is 0 Å². The van der Waals surface area contributed by atoms with Crippen LogP contribution in [-0.2, 0) is 0 Å². The number of nitrogens with zero attached hydrogens (tertiary/aromatic N) is 2. The number of para-hydroxylation sites is 1. The third-order valence-electron chi connectivity index (χ3n) is 3.34. The van der Waals surface area contributed by atoms with E-state index in [0.29, 0.717) is 16.8 Å². The number of hydrogen-bond donors (Lipinski definition) is 3. The van der Waals surface area contributed by atoms with Crippen LogP contribution < -0.4 is 16.6 Å². The molecule has 1 saturated heterocycles. The number of benzene rings is 1. The highest BCUT2D eigenvalue weighted by molar-refractivity contribution is 5.41. The third kappa shape index (κ3) is 7.17. The van der Waals surface area contributed by atoms with Gasteiger partial charge in [-0.25, -0.2) is 0 Å². The standard InChI is InChI=1S/C9H19N.C6H6N2O2.H3N/c1-8(2)6-5-7-9(3,4)10-8;9-7-8(10)6-4-2-1-3-5-6;/h10H,5-7H2,1-4H3;1-5,10H;1H3. The molecule has 0 radical (unpaired) electrons. The van der Waals surface area contributed by atoms with Crippen molar-refractivity contribution in [1.82, 2.24) is 11.5 Å². The fraction of sp³-hybridized carbons (Fsp3) is 0.600. The van der Waals surface area contributed by atoms with Crippen molar-refractivity contribution in [1.29, 1.82) is 0 Å². The predicted molar refractivity (Wildman–Crippen MR) is 86.7 cm³/mol. The zero-order valence-electron chi connectivity index (χ0n) is 13.5. The van der Waals surface area contributed by atoms with E-state index in [-0.39, 0.29) is 11.3 Å². The van der Waals surface area contributed by atoms with E-state index >= 15 is 0 Å². The number of hydrogen-bond acceptors (Lipinski definition) is 5. The molecular weight excluding hydrogens is 268 g/mol. The number of nitrogens with one attached hydrogen (secondary N) is 1. The van der Waals surface area contributed by atoms with Crippen molar-refractivity contribution in [3.63, 3.8) is 0 Å². The average Bonchev–Trinajstić information content (AvgIpc) is 2.37. The Bertz CT molecular complexity index is 407. The van der Waals surface area contributed by atoms with Gasteiger partial charge >= 0.3 is 0 Å². The fourth-order valence-corrected chi connectivity index (χ4v) is 2.62. The largest absolute Gasteiger partial charge is 0.344 e. The second kappa shape index (κ2) is 8.07. The molecular formula is C15H28N4O2. The van der Waals surface area contributed by atoms with Gasteiger partial charge in [-0.2, -0.15) is 0 Å². The van der Waals surface area contributed by atoms with E-state index < -0.39 is 0 Å². The molecule has 5 N–H and O–H groups in total. The molecule has 2 rings (SSSR count). The summed E-state index contributed by atoms with van der Waals surface area (Å²) >= 11 is 0. The van der Waals surface area contributed by atoms with Crippen molar-refractivity contribution >= 4 is 5.69 Å². The van der Waals surface area contributed by atoms with Crippen LogP contribution in [0.4, 0.5) is 5.69 Å². The van der Waals surface area contributed by atoms with Crippen LogP contribution in [-0.4, -0.2) is 16.3 Å². The summed E-state index contributed by atoms with van der Waals surface area (Å²) in [5, 5.41) is 14.9. The van der Waals surface area contributed by atoms with Crippen LogP contribution in [0.15, 0.2) is 35.6 Å². The van der Waals surface area contributed by atoms with Gasteiger partial charge in [0.1, 0.15) is 0 Å². The number of anilines is 1. The van der Waals surface area contributed by atoms with Gasteiger partial charge < -0.3 is 11.5 Å². The van der Waals surface area contributed by atoms with Crippen molar-refractivity contribution in [2.24, 2.45) is 5.29 Å². The first kappa shape index (κ1) is 19.5. The quantitative estimate of drug-likeness (QED) is 0.565. The van der Waals surface area contributed by atoms with Crippen LogP contribution in [0.3, 0.4) is 0 Å². The highest BCUT2D eigenvalue weighted by Crippen LogP contribution is 2.27. The molecule has 1 aromatic rings. The highest BCUT2D eigenvalue weighted by Gasteiger charge is 2.31. The summed E-state index contributed by atoms with van der Waals surface area (Å²) in [5.74, 6) is 0. The Hall–Kier alpha value is -1.50. The minimum absolute atomic E-state index is 0. The first-order chi connectivity index (χ1) is 9.26. The fourth-order valence-electron chi connectivity index (χ4n) is 2.62. The molecule has 0 unspecified atom stereocenters. The van der Waals surface area contributed by atoms with Gasteiger partial charge in [0, 0.05) is 11.1 Å². The summed E-state index contributed by atoms with van der Waals surface area (Å²) in [4.78, 5) is 9.73. The maximum Gasteiger partial charge on any atom is 0.0932 e. The van der Waals surface area contributed by atoms with E-state index in [1.165, 1.54) is 19.3 Å². The smallest absolute Gasteiger partial charge is 0.0932 e. The normalized spacial score (nSPS) is 18.5. The molecule has 0 atom stereocenters. The Morgan fingerprint density at radius 3 is 1.90 bits per heavy atom. The van der Waals surface area contributed by atoms with Crippen LogP contribution in [0.5, 0.6) is 0 Å². The van der Waals surface area contributed by atoms with Crippen LogP contribution >= 0.6 is 0 Å². The SMILES string of the molecule is CC1(C)CCCC(C)(C)N1.N.O=NN(O)c1ccccc1. The summed E-state index contributed by atoms with van der Waals surface area (Å²) in [6, 6.07) is 8.32. The molecule has 1 aliphatic heterocycles. The zero-order chi connectivity index (χ0) is 15.2. The van der Waals surface area contributed by atoms with Crippen molar-refractivity contribution in [3.8, 4) is 0 Å². The molecule has 0 spiro atoms. The molecule has 1 heterocycles. The lowest BCUT2D eigenvalue weighted by molar-refractivity contribution is 0.183. The topological polar surface area (TPSA) is 99.9 Å². The molecule has 0 aliphatic carbocycles. The maximum atomic E-state index is 9.73. The highest BCUT2D eigenvalue weighted by atomic mass is 16.6. The van der Waals surface area contributed by atoms with Gasteiger partial charge in [0.05, 0.1) is 11.0 Å². The molecule has 1 aliphatic rings. The molecule has 0 amide bonds. The van der Waals surface area contributed by atoms with E-state index in [1.54, 1.807) is 30.3 Å². The van der Waals surface area contributed by atoms with E-state index in [4.69, 9.17) is 5.21 Å². The number of piperidine rings is 1. The Morgan fingerprint density at radius 1 is 1.10 bits per heavy atom. The van der Waals surface area contributed by atoms with Gasteiger partial charge in [-0.3, -0.25) is 5.21 Å². The van der Waals surface area contributed by atoms with Crippen molar-refractivity contribution < 1.29 is 5.21 Å². The summed E-state index contributed by atoms with van der Waals surface area (Å²) in [7, 11) is 0. The van der Waals surface area contributed by atoms with E-state index in [9.17, 15) is 4.91 Å². The number of rotatable bonds is 2. The van der Waals surface area contributed by atoms with Crippen LogP contribution in [0.2, 0.25) is 0 Å². The van der Waals surface area contributed by atoms with Crippen molar-refractivity contribution in [2.45, 2.75) is 58.0 Å². The van der Waals surface area contributed by atoms with Gasteiger partial charge in [0.15, 0.2) is 0 Å². The molecule has 1 fully saturated rings. The Balaban J connectivity index is 0.000000364. The van der Waals surface area contributed by atoms with Gasteiger partial charge in [0.2, 0.25) is 0 Å². The maximum absolute atomic E-state index is 9.73. The van der Waals surface area contributed by atoms with Crippen LogP contribution in [0, 0.1) is 4.91 Å². The van der Waals surface area contributed by atoms with Crippen LogP contribution in [0.25, 0.3) is 0 Å². The molecule has 21 heavy (non-hydrogen) atoms. The molecule has 0 saturated carbocycles. The molecule has 120 valence electrons. The third-order valence-corrected chi connectivity index (χ3v) is 3.34. The summed E-state index contributed by atoms with van der Waals surface area (Å²) < 4.78 is 0. The summed E-state index contributed by atoms with van der Waals surface area (Å²) in [5.41, 5.74) is 1.08. The lowest BCUT2D eigenvalue weighted by Crippen LogP contribution is -2.55. The van der Waals surface area contributed by atoms with Gasteiger partial charge in [-0.1, -0.05) is 18.2 Å². The van der Waals surface area contributed by atoms with E-state index in [2.05, 4.69) is 38.3 Å².